The monoisotopic (exact) mass is 586 g/mol. The molecule has 1 heterocycles. The van der Waals surface area contributed by atoms with Crippen LogP contribution in [0.2, 0.25) is 0 Å². The lowest BCUT2D eigenvalue weighted by Crippen LogP contribution is -2.50. The number of aliphatic carboxylic acids is 1. The smallest absolute Gasteiger partial charge is 0.305 e. The van der Waals surface area contributed by atoms with Crippen molar-refractivity contribution < 1.29 is 60.5 Å². The third kappa shape index (κ3) is 8.30. The highest BCUT2D eigenvalue weighted by Gasteiger charge is 2.33. The van der Waals surface area contributed by atoms with Gasteiger partial charge in [0.15, 0.2) is 23.2 Å². The number of hydrogen-bond acceptors (Lipinski definition) is 7. The minimum Gasteiger partial charge on any atom is -0.481 e. The number of carboxylic acid groups (broad SMARTS) is 1. The number of carbonyl (C=O) groups excluding carboxylic acids is 4. The van der Waals surface area contributed by atoms with Gasteiger partial charge in [0.05, 0.1) is 25.6 Å². The summed E-state index contributed by atoms with van der Waals surface area (Å²) in [6.07, 6.45) is -1.33. The lowest BCUT2D eigenvalue weighted by Gasteiger charge is -2.24. The van der Waals surface area contributed by atoms with Crippen molar-refractivity contribution in [3.05, 3.63) is 65.0 Å². The van der Waals surface area contributed by atoms with Gasteiger partial charge in [-0.25, -0.2) is 13.2 Å². The molecule has 2 aromatic carbocycles. The highest BCUT2D eigenvalue weighted by Crippen LogP contribution is 2.26. The number of benzene rings is 2. The maximum atomic E-state index is 13.8. The van der Waals surface area contributed by atoms with E-state index in [1.807, 2.05) is 0 Å². The summed E-state index contributed by atoms with van der Waals surface area (Å²) in [5.74, 6) is -16.2. The van der Waals surface area contributed by atoms with Crippen LogP contribution in [0, 0.1) is 35.0 Å². The second kappa shape index (κ2) is 13.8. The van der Waals surface area contributed by atoms with Crippen LogP contribution >= 0.6 is 0 Å². The van der Waals surface area contributed by atoms with Crippen molar-refractivity contribution in [2.75, 3.05) is 32.9 Å². The Kier molecular flexibility index (Phi) is 10.5. The van der Waals surface area contributed by atoms with E-state index in [2.05, 4.69) is 10.1 Å². The van der Waals surface area contributed by atoms with Gasteiger partial charge in [-0.2, -0.15) is 8.78 Å². The molecular weight excluding hydrogens is 563 g/mol. The summed E-state index contributed by atoms with van der Waals surface area (Å²) in [6, 6.07) is 3.02. The van der Waals surface area contributed by atoms with Crippen molar-refractivity contribution in [3.8, 4) is 5.75 Å². The molecule has 1 fully saturated rings. The lowest BCUT2D eigenvalue weighted by atomic mass is 10.0. The van der Waals surface area contributed by atoms with Crippen molar-refractivity contribution in [2.45, 2.75) is 18.9 Å². The van der Waals surface area contributed by atoms with Gasteiger partial charge in [-0.1, -0.05) is 12.1 Å². The van der Waals surface area contributed by atoms with Crippen LogP contribution in [-0.2, 0) is 35.1 Å². The molecule has 1 saturated heterocycles. The molecule has 15 heteroatoms. The molecule has 2 N–H and O–H groups in total. The molecule has 2 aromatic rings. The Balaban J connectivity index is 1.66. The van der Waals surface area contributed by atoms with E-state index in [1.165, 1.54) is 12.1 Å². The molecule has 41 heavy (non-hydrogen) atoms. The SMILES string of the molecule is O=C(O)C[C@H](NC(=O)[C@@H]1COCCN(C(=O)C(=O)Cc2ccc(F)cc2)C1)C(=O)COc1c(F)c(F)cc(F)c1F. The zero-order valence-corrected chi connectivity index (χ0v) is 21.1. The maximum Gasteiger partial charge on any atom is 0.305 e. The zero-order chi connectivity index (χ0) is 30.3. The van der Waals surface area contributed by atoms with Gasteiger partial charge >= 0.3 is 5.97 Å². The molecule has 0 saturated carbocycles. The van der Waals surface area contributed by atoms with E-state index < -0.39 is 89.2 Å². The number of rotatable bonds is 11. The number of carbonyl (C=O) groups is 5. The number of amides is 2. The number of halogens is 5. The number of ketones is 2. The van der Waals surface area contributed by atoms with Crippen molar-refractivity contribution in [2.24, 2.45) is 5.92 Å². The summed E-state index contributed by atoms with van der Waals surface area (Å²) >= 11 is 0. The van der Waals surface area contributed by atoms with Crippen molar-refractivity contribution >= 4 is 29.4 Å². The number of carboxylic acids is 1. The van der Waals surface area contributed by atoms with Gasteiger partial charge in [0.1, 0.15) is 18.5 Å². The Hall–Kier alpha value is -4.40. The highest BCUT2D eigenvalue weighted by atomic mass is 19.2. The van der Waals surface area contributed by atoms with E-state index in [1.54, 1.807) is 0 Å². The summed E-state index contributed by atoms with van der Waals surface area (Å²) in [5, 5.41) is 11.3. The van der Waals surface area contributed by atoms with Gasteiger partial charge < -0.3 is 24.8 Å². The Morgan fingerprint density at radius 1 is 1.02 bits per heavy atom. The fourth-order valence-corrected chi connectivity index (χ4v) is 3.82. The molecule has 0 aliphatic carbocycles. The molecule has 2 amide bonds. The van der Waals surface area contributed by atoms with Crippen LogP contribution in [0.25, 0.3) is 0 Å². The Morgan fingerprint density at radius 3 is 2.27 bits per heavy atom. The summed E-state index contributed by atoms with van der Waals surface area (Å²) in [6.45, 7) is -2.00. The van der Waals surface area contributed by atoms with E-state index in [0.717, 1.165) is 17.0 Å². The second-order valence-electron chi connectivity index (χ2n) is 8.96. The first-order valence-corrected chi connectivity index (χ1v) is 12.0. The van der Waals surface area contributed by atoms with Crippen LogP contribution in [0.4, 0.5) is 22.0 Å². The number of hydrogen-bond donors (Lipinski definition) is 2. The zero-order valence-electron chi connectivity index (χ0n) is 21.1. The van der Waals surface area contributed by atoms with Crippen LogP contribution in [0.1, 0.15) is 12.0 Å². The summed E-state index contributed by atoms with van der Waals surface area (Å²) < 4.78 is 77.4. The average Bonchev–Trinajstić information content (AvgIpc) is 3.18. The predicted octanol–water partition coefficient (Wildman–Crippen LogP) is 1.58. The average molecular weight is 586 g/mol. The van der Waals surface area contributed by atoms with E-state index >= 15 is 0 Å². The number of nitrogens with zero attached hydrogens (tertiary/aromatic N) is 1. The third-order valence-corrected chi connectivity index (χ3v) is 5.95. The van der Waals surface area contributed by atoms with E-state index in [-0.39, 0.29) is 38.8 Å². The van der Waals surface area contributed by atoms with Crippen LogP contribution < -0.4 is 10.1 Å². The van der Waals surface area contributed by atoms with Crippen molar-refractivity contribution in [3.63, 3.8) is 0 Å². The molecule has 0 bridgehead atoms. The molecule has 0 radical (unpaired) electrons. The Morgan fingerprint density at radius 2 is 1.66 bits per heavy atom. The second-order valence-corrected chi connectivity index (χ2v) is 8.96. The normalized spacial score (nSPS) is 15.9. The first-order valence-electron chi connectivity index (χ1n) is 12.0. The van der Waals surface area contributed by atoms with Gasteiger partial charge in [0.2, 0.25) is 23.3 Å². The highest BCUT2D eigenvalue weighted by molar-refractivity contribution is 6.36. The first kappa shape index (κ1) is 31.1. The molecule has 220 valence electrons. The minimum absolute atomic E-state index is 0.0496. The topological polar surface area (TPSA) is 139 Å². The molecule has 3 rings (SSSR count). The number of ether oxygens (including phenoxy) is 2. The number of nitrogens with one attached hydrogen (secondary N) is 1. The molecule has 10 nitrogen and oxygen atoms in total. The first-order chi connectivity index (χ1) is 19.4. The molecule has 0 aromatic heterocycles. The molecule has 1 aliphatic rings. The Labute approximate surface area is 229 Å². The van der Waals surface area contributed by atoms with Gasteiger partial charge in [-0.15, -0.1) is 0 Å². The minimum atomic E-state index is -1.93. The Bertz CT molecular complexity index is 1310. The molecule has 1 aliphatic heterocycles. The van der Waals surface area contributed by atoms with E-state index in [4.69, 9.17) is 9.84 Å². The summed E-state index contributed by atoms with van der Waals surface area (Å²) in [5.41, 5.74) is 0.378. The van der Waals surface area contributed by atoms with Crippen molar-refractivity contribution in [1.29, 1.82) is 0 Å². The van der Waals surface area contributed by atoms with Crippen LogP contribution in [0.15, 0.2) is 30.3 Å². The lowest BCUT2D eigenvalue weighted by molar-refractivity contribution is -0.145. The summed E-state index contributed by atoms with van der Waals surface area (Å²) in [7, 11) is 0. The van der Waals surface area contributed by atoms with E-state index in [0.29, 0.717) is 5.56 Å². The number of Topliss-reactive ketones (excluding diaryl/α,β-unsaturated/α-hetero) is 2. The quantitative estimate of drug-likeness (QED) is 0.230. The van der Waals surface area contributed by atoms with E-state index in [9.17, 15) is 45.9 Å². The molecular formula is C26H23F5N2O8. The van der Waals surface area contributed by atoms with Gasteiger partial charge in [0, 0.05) is 25.6 Å². The van der Waals surface area contributed by atoms with Gasteiger partial charge in [-0.05, 0) is 17.7 Å². The fourth-order valence-electron chi connectivity index (χ4n) is 3.82. The maximum absolute atomic E-state index is 13.8. The molecule has 0 spiro atoms. The fraction of sp³-hybridized carbons (Fsp3) is 0.346. The van der Waals surface area contributed by atoms with Crippen molar-refractivity contribution in [1.82, 2.24) is 10.2 Å². The van der Waals surface area contributed by atoms with Crippen LogP contribution in [0.5, 0.6) is 5.75 Å². The van der Waals surface area contributed by atoms with Crippen LogP contribution in [-0.4, -0.2) is 78.3 Å². The van der Waals surface area contributed by atoms with Gasteiger partial charge in [0.25, 0.3) is 5.91 Å². The summed E-state index contributed by atoms with van der Waals surface area (Å²) in [4.78, 5) is 63.1. The third-order valence-electron chi connectivity index (χ3n) is 5.95. The predicted molar refractivity (Wildman–Crippen MR) is 127 cm³/mol. The molecule has 2 atom stereocenters. The van der Waals surface area contributed by atoms with Gasteiger partial charge in [-0.3, -0.25) is 24.0 Å². The largest absolute Gasteiger partial charge is 0.481 e. The standard InChI is InChI=1S/C26H23F5N2O8/c27-15-3-1-13(2-4-15)7-19(34)26(39)33-5-6-40-11-14(10-33)25(38)32-18(9-21(36)37)20(35)12-41-24-22(30)16(28)8-17(29)23(24)31/h1-4,8,14,18H,5-7,9-12H2,(H,32,38)(H,36,37)/t14-,18-/m0/s1. The van der Waals surface area contributed by atoms with Crippen LogP contribution in [0.3, 0.4) is 0 Å². The molecule has 0 unspecified atom stereocenters.